The van der Waals surface area contributed by atoms with Gasteiger partial charge in [-0.15, -0.1) is 0 Å². The molecule has 0 atom stereocenters. The van der Waals surface area contributed by atoms with Crippen LogP contribution in [0.5, 0.6) is 0 Å². The molecular weight excluding hydrogens is 721 g/mol. The van der Waals surface area contributed by atoms with Gasteiger partial charge in [0.15, 0.2) is 0 Å². The van der Waals surface area contributed by atoms with Crippen LogP contribution >= 0.6 is 0 Å². The van der Waals surface area contributed by atoms with Crippen molar-refractivity contribution in [3.8, 4) is 22.9 Å². The van der Waals surface area contributed by atoms with Crippen molar-refractivity contribution in [1.82, 2.24) is 9.97 Å². The Kier molecular flexibility index (Phi) is 7.05. The summed E-state index contributed by atoms with van der Waals surface area (Å²) in [5.41, 5.74) is 11.9. The van der Waals surface area contributed by atoms with Crippen molar-refractivity contribution in [3.63, 3.8) is 0 Å². The van der Waals surface area contributed by atoms with Crippen LogP contribution in [-0.4, -0.2) is 26.1 Å². The molecule has 2 aromatic heterocycles. The number of fused-ring (bicyclic) bond motifs is 6. The fourth-order valence-electron chi connectivity index (χ4n) is 9.46. The minimum absolute atomic E-state index is 0.567. The number of anilines is 6. The number of oxazole rings is 2. The summed E-state index contributed by atoms with van der Waals surface area (Å²) >= 11 is 0. The SMILES string of the molecule is C[SiH-]1(C)c2ccccc2N(c2ccc(-c3nc4cc5oc(-c6ccc(N7c8ccccc8[SiH-](C)(C)c8ccccc87)cc6)nc5cc4o3)cc2)c2ccccc21. The molecule has 0 fully saturated rings. The van der Waals surface area contributed by atoms with Crippen molar-refractivity contribution >= 4 is 93.2 Å². The first-order valence-electron chi connectivity index (χ1n) is 19.6. The van der Waals surface area contributed by atoms with Gasteiger partial charge in [0.1, 0.15) is 0 Å². The molecule has 274 valence electrons. The van der Waals surface area contributed by atoms with Crippen LogP contribution in [0.25, 0.3) is 45.1 Å². The summed E-state index contributed by atoms with van der Waals surface area (Å²) in [5, 5.41) is 5.89. The third kappa shape index (κ3) is 4.85. The molecule has 0 saturated heterocycles. The molecule has 9 aromatic rings. The summed E-state index contributed by atoms with van der Waals surface area (Å²) in [7, 11) is -4.38. The Morgan fingerprint density at radius 2 is 0.696 bits per heavy atom. The Hall–Kier alpha value is -6.49. The van der Waals surface area contributed by atoms with E-state index in [1.807, 2.05) is 12.1 Å². The van der Waals surface area contributed by atoms with Crippen molar-refractivity contribution in [2.24, 2.45) is 0 Å². The van der Waals surface area contributed by atoms with Gasteiger partial charge in [0.05, 0.1) is 0 Å². The zero-order valence-electron chi connectivity index (χ0n) is 31.8. The van der Waals surface area contributed by atoms with E-state index in [2.05, 4.69) is 182 Å². The fourth-order valence-corrected chi connectivity index (χ4v) is 16.4. The summed E-state index contributed by atoms with van der Waals surface area (Å²) < 4.78 is 12.7. The molecule has 0 aliphatic carbocycles. The molecule has 0 amide bonds. The summed E-state index contributed by atoms with van der Waals surface area (Å²) in [6.45, 7) is 9.89. The Bertz CT molecular complexity index is 2650. The summed E-state index contributed by atoms with van der Waals surface area (Å²) in [6.07, 6.45) is 0. The summed E-state index contributed by atoms with van der Waals surface area (Å²) in [6, 6.07) is 56.4. The zero-order chi connectivity index (χ0) is 37.8. The van der Waals surface area contributed by atoms with E-state index in [9.17, 15) is 0 Å². The Balaban J connectivity index is 0.889. The maximum atomic E-state index is 6.36. The molecule has 0 radical (unpaired) electrons. The molecule has 0 saturated carbocycles. The van der Waals surface area contributed by atoms with E-state index >= 15 is 0 Å². The van der Waals surface area contributed by atoms with Gasteiger partial charge in [-0.3, -0.25) is 0 Å². The van der Waals surface area contributed by atoms with Gasteiger partial charge in [0, 0.05) is 0 Å². The van der Waals surface area contributed by atoms with E-state index in [0.717, 1.165) is 33.5 Å². The molecule has 8 heteroatoms. The number of hydrogen-bond donors (Lipinski definition) is 0. The van der Waals surface area contributed by atoms with Crippen molar-refractivity contribution < 1.29 is 8.83 Å². The van der Waals surface area contributed by atoms with Gasteiger partial charge >= 0.3 is 329 Å². The van der Waals surface area contributed by atoms with Crippen LogP contribution in [0, 0.1) is 0 Å². The molecule has 2 aliphatic rings. The minimum atomic E-state index is -2.19. The van der Waals surface area contributed by atoms with Gasteiger partial charge in [-0.05, 0) is 0 Å². The number of hydrogen-bond acceptors (Lipinski definition) is 6. The average Bonchev–Trinajstić information content (AvgIpc) is 3.84. The van der Waals surface area contributed by atoms with Crippen molar-refractivity contribution in [3.05, 3.63) is 158 Å². The molecule has 11 rings (SSSR count). The van der Waals surface area contributed by atoms with E-state index < -0.39 is 16.1 Å². The quantitative estimate of drug-likeness (QED) is 0.167. The van der Waals surface area contributed by atoms with Crippen LogP contribution in [0.3, 0.4) is 0 Å². The molecule has 0 unspecified atom stereocenters. The number of aromatic nitrogens is 2. The van der Waals surface area contributed by atoms with Gasteiger partial charge in [-0.25, -0.2) is 0 Å². The first kappa shape index (κ1) is 32.9. The second-order valence-corrected chi connectivity index (χ2v) is 26.6. The van der Waals surface area contributed by atoms with Gasteiger partial charge < -0.3 is 0 Å². The molecule has 7 aromatic carbocycles. The molecule has 4 heterocycles. The van der Waals surface area contributed by atoms with E-state index in [-0.39, 0.29) is 0 Å². The van der Waals surface area contributed by atoms with E-state index in [1.54, 1.807) is 0 Å². The first-order valence-corrected chi connectivity index (χ1v) is 26.6. The van der Waals surface area contributed by atoms with Gasteiger partial charge in [-0.2, -0.15) is 0 Å². The molecule has 6 nitrogen and oxygen atoms in total. The predicted octanol–water partition coefficient (Wildman–Crippen LogP) is 9.98. The Morgan fingerprint density at radius 3 is 1.02 bits per heavy atom. The van der Waals surface area contributed by atoms with Crippen molar-refractivity contribution in [2.75, 3.05) is 9.80 Å². The number of para-hydroxylation sites is 4. The Morgan fingerprint density at radius 1 is 0.393 bits per heavy atom. The second kappa shape index (κ2) is 12.0. The predicted molar refractivity (Wildman–Crippen MR) is 238 cm³/mol. The monoisotopic (exact) mass is 760 g/mol. The standard InChI is InChI=1S/C48H40N4O2Si2/c1-55(2)43-17-9-5-13-37(43)51(38-14-6-10-18-44(38)55)33-25-21-31(22-26-33)47-49-35-29-42-36(30-41(35)53-47)50-48(54-42)32-23-27-34(28-24-32)52-39-15-7-11-19-45(39)56(3,4)46-20-12-8-16-40(46)52/h5-30,55-56H,1-4H3/q-2. The molecule has 0 N–H and O–H groups in total. The average molecular weight is 761 g/mol. The molecular formula is C48H40N4O2Si2-2. The second-order valence-electron chi connectivity index (χ2n) is 16.6. The third-order valence-electron chi connectivity index (χ3n) is 12.5. The normalized spacial score (nSPS) is 16.1. The molecule has 0 spiro atoms. The summed E-state index contributed by atoms with van der Waals surface area (Å²) in [4.78, 5) is 14.6. The van der Waals surface area contributed by atoms with Crippen LogP contribution in [0.4, 0.5) is 34.1 Å². The number of benzene rings is 7. The molecule has 0 bridgehead atoms. The molecule has 56 heavy (non-hydrogen) atoms. The Labute approximate surface area is 327 Å². The number of rotatable bonds is 4. The van der Waals surface area contributed by atoms with E-state index in [4.69, 9.17) is 18.8 Å². The van der Waals surface area contributed by atoms with E-state index in [0.29, 0.717) is 22.9 Å². The molecule has 2 aliphatic heterocycles. The maximum absolute atomic E-state index is 6.36. The van der Waals surface area contributed by atoms with E-state index in [1.165, 1.54) is 43.5 Å². The third-order valence-corrected chi connectivity index (χ3v) is 20.6. The summed E-state index contributed by atoms with van der Waals surface area (Å²) in [5.74, 6) is 1.13. The van der Waals surface area contributed by atoms with Crippen molar-refractivity contribution in [2.45, 2.75) is 26.2 Å². The first-order chi connectivity index (χ1) is 27.3. The van der Waals surface area contributed by atoms with Crippen LogP contribution in [0.1, 0.15) is 0 Å². The van der Waals surface area contributed by atoms with Gasteiger partial charge in [0.25, 0.3) is 0 Å². The van der Waals surface area contributed by atoms with Gasteiger partial charge in [0.2, 0.25) is 0 Å². The van der Waals surface area contributed by atoms with Crippen molar-refractivity contribution in [1.29, 1.82) is 0 Å². The topological polar surface area (TPSA) is 58.5 Å². The van der Waals surface area contributed by atoms with Crippen LogP contribution < -0.4 is 30.5 Å². The fraction of sp³-hybridized carbons (Fsp3) is 0.0833. The van der Waals surface area contributed by atoms with Gasteiger partial charge in [-0.1, -0.05) is 0 Å². The zero-order valence-corrected chi connectivity index (χ0v) is 34.1. The van der Waals surface area contributed by atoms with Crippen LogP contribution in [0.15, 0.2) is 167 Å². The number of nitrogens with zero attached hydrogens (tertiary/aromatic N) is 4. The van der Waals surface area contributed by atoms with Crippen LogP contribution in [0.2, 0.25) is 26.2 Å². The van der Waals surface area contributed by atoms with Crippen LogP contribution in [-0.2, 0) is 0 Å².